The Morgan fingerprint density at radius 3 is 3.11 bits per heavy atom. The van der Waals surface area contributed by atoms with Crippen LogP contribution in [0.3, 0.4) is 0 Å². The molecule has 1 aromatic rings. The minimum absolute atomic E-state index is 0.390. The number of nitrogens with one attached hydrogen (secondary N) is 2. The third-order valence-corrected chi connectivity index (χ3v) is 4.97. The number of piperidine rings is 1. The molecule has 1 aromatic heterocycles. The molecule has 0 aromatic carbocycles. The lowest BCUT2D eigenvalue weighted by Gasteiger charge is -2.28. The highest BCUT2D eigenvalue weighted by Crippen LogP contribution is 2.22. The highest BCUT2D eigenvalue weighted by Gasteiger charge is 2.19. The van der Waals surface area contributed by atoms with Crippen molar-refractivity contribution in [3.63, 3.8) is 0 Å². The molecule has 18 heavy (non-hydrogen) atoms. The van der Waals surface area contributed by atoms with Gasteiger partial charge in [0.25, 0.3) is 0 Å². The molecule has 0 radical (unpaired) electrons. The second-order valence-electron chi connectivity index (χ2n) is 5.42. The molecule has 102 valence electrons. The van der Waals surface area contributed by atoms with Crippen LogP contribution in [0.25, 0.3) is 0 Å². The summed E-state index contributed by atoms with van der Waals surface area (Å²) >= 11 is 1.73. The molecule has 2 heterocycles. The van der Waals surface area contributed by atoms with Crippen LogP contribution in [0.5, 0.6) is 0 Å². The maximum Gasteiger partial charge on any atom is 0.109 e. The number of thiazole rings is 1. The van der Waals surface area contributed by atoms with E-state index in [1.165, 1.54) is 37.4 Å². The Bertz CT molecular complexity index is 320. The van der Waals surface area contributed by atoms with Crippen molar-refractivity contribution < 1.29 is 0 Å². The third kappa shape index (κ3) is 4.04. The van der Waals surface area contributed by atoms with Crippen molar-refractivity contribution in [3.05, 3.63) is 16.6 Å². The second-order valence-corrected chi connectivity index (χ2v) is 6.34. The number of nitrogens with zero attached hydrogens (tertiary/aromatic N) is 1. The van der Waals surface area contributed by atoms with E-state index in [1.807, 2.05) is 11.6 Å². The van der Waals surface area contributed by atoms with E-state index < -0.39 is 0 Å². The Morgan fingerprint density at radius 2 is 2.44 bits per heavy atom. The van der Waals surface area contributed by atoms with Gasteiger partial charge in [-0.2, -0.15) is 0 Å². The maximum atomic E-state index is 4.35. The second kappa shape index (κ2) is 7.22. The summed E-state index contributed by atoms with van der Waals surface area (Å²) in [5.74, 6) is 1.68. The first kappa shape index (κ1) is 14.0. The molecule has 1 aliphatic heterocycles. The van der Waals surface area contributed by atoms with Crippen molar-refractivity contribution in [1.82, 2.24) is 15.6 Å². The number of hydrogen-bond donors (Lipinski definition) is 2. The lowest BCUT2D eigenvalue weighted by molar-refractivity contribution is 0.264. The summed E-state index contributed by atoms with van der Waals surface area (Å²) in [6.45, 7) is 8.11. The molecule has 1 saturated heterocycles. The van der Waals surface area contributed by atoms with E-state index in [2.05, 4.69) is 29.5 Å². The minimum atomic E-state index is 0.390. The predicted molar refractivity (Wildman–Crippen MR) is 77.9 cm³/mol. The standard InChI is InChI=1S/C14H25N3S/c1-11(13-4-3-6-15-10-13)5-7-16-12(2)14-17-8-9-18-14/h8-9,11-13,15-16H,3-7,10H2,1-2H3. The number of aromatic nitrogens is 1. The normalized spacial score (nSPS) is 23.8. The predicted octanol–water partition coefficient (Wildman–Crippen LogP) is 2.82. The summed E-state index contributed by atoms with van der Waals surface area (Å²) in [7, 11) is 0. The Hall–Kier alpha value is -0.450. The Morgan fingerprint density at radius 1 is 1.56 bits per heavy atom. The van der Waals surface area contributed by atoms with Crippen molar-refractivity contribution in [3.8, 4) is 0 Å². The zero-order valence-corrected chi connectivity index (χ0v) is 12.3. The summed E-state index contributed by atoms with van der Waals surface area (Å²) in [4.78, 5) is 4.35. The molecule has 1 aliphatic rings. The molecule has 0 saturated carbocycles. The molecule has 2 rings (SSSR count). The topological polar surface area (TPSA) is 37.0 Å². The number of rotatable bonds is 6. The van der Waals surface area contributed by atoms with Gasteiger partial charge in [-0.3, -0.25) is 0 Å². The molecule has 3 atom stereocenters. The van der Waals surface area contributed by atoms with Gasteiger partial charge in [0.1, 0.15) is 5.01 Å². The summed E-state index contributed by atoms with van der Waals surface area (Å²) in [5.41, 5.74) is 0. The monoisotopic (exact) mass is 267 g/mol. The van der Waals surface area contributed by atoms with Crippen LogP contribution in [0.1, 0.15) is 44.2 Å². The highest BCUT2D eigenvalue weighted by molar-refractivity contribution is 7.09. The number of hydrogen-bond acceptors (Lipinski definition) is 4. The molecule has 3 unspecified atom stereocenters. The molecule has 0 bridgehead atoms. The van der Waals surface area contributed by atoms with Crippen LogP contribution in [-0.2, 0) is 0 Å². The van der Waals surface area contributed by atoms with Gasteiger partial charge in [-0.05, 0) is 57.7 Å². The molecule has 0 aliphatic carbocycles. The van der Waals surface area contributed by atoms with E-state index in [9.17, 15) is 0 Å². The largest absolute Gasteiger partial charge is 0.316 e. The molecule has 2 N–H and O–H groups in total. The van der Waals surface area contributed by atoms with Gasteiger partial charge >= 0.3 is 0 Å². The van der Waals surface area contributed by atoms with Crippen LogP contribution in [0.2, 0.25) is 0 Å². The fourth-order valence-corrected chi connectivity index (χ4v) is 3.33. The summed E-state index contributed by atoms with van der Waals surface area (Å²) in [5, 5.41) is 10.3. The molecular weight excluding hydrogens is 242 g/mol. The van der Waals surface area contributed by atoms with Crippen LogP contribution in [-0.4, -0.2) is 24.6 Å². The van der Waals surface area contributed by atoms with Crippen LogP contribution in [0.4, 0.5) is 0 Å². The van der Waals surface area contributed by atoms with E-state index in [-0.39, 0.29) is 0 Å². The van der Waals surface area contributed by atoms with Crippen molar-refractivity contribution >= 4 is 11.3 Å². The first-order valence-electron chi connectivity index (χ1n) is 7.11. The van der Waals surface area contributed by atoms with Crippen molar-refractivity contribution in [2.45, 2.75) is 39.2 Å². The Kier molecular flexibility index (Phi) is 5.60. The molecule has 1 fully saturated rings. The SMILES string of the molecule is CC(NCCC(C)C1CCCNC1)c1nccs1. The summed E-state index contributed by atoms with van der Waals surface area (Å²) < 4.78 is 0. The van der Waals surface area contributed by atoms with Gasteiger partial charge in [0, 0.05) is 11.6 Å². The van der Waals surface area contributed by atoms with Crippen LogP contribution in [0.15, 0.2) is 11.6 Å². The molecule has 0 amide bonds. The van der Waals surface area contributed by atoms with Crippen molar-refractivity contribution in [2.24, 2.45) is 11.8 Å². The van der Waals surface area contributed by atoms with Gasteiger partial charge in [-0.25, -0.2) is 4.98 Å². The third-order valence-electron chi connectivity index (χ3n) is 4.01. The lowest BCUT2D eigenvalue weighted by atomic mass is 9.85. The van der Waals surface area contributed by atoms with E-state index >= 15 is 0 Å². The van der Waals surface area contributed by atoms with Crippen molar-refractivity contribution in [1.29, 1.82) is 0 Å². The zero-order chi connectivity index (χ0) is 12.8. The maximum absolute atomic E-state index is 4.35. The smallest absolute Gasteiger partial charge is 0.109 e. The average molecular weight is 267 g/mol. The van der Waals surface area contributed by atoms with Gasteiger partial charge in [0.15, 0.2) is 0 Å². The van der Waals surface area contributed by atoms with Crippen molar-refractivity contribution in [2.75, 3.05) is 19.6 Å². The summed E-state index contributed by atoms with van der Waals surface area (Å²) in [6.07, 6.45) is 5.89. The van der Waals surface area contributed by atoms with E-state index in [1.54, 1.807) is 11.3 Å². The van der Waals surface area contributed by atoms with E-state index in [0.717, 1.165) is 18.4 Å². The Balaban J connectivity index is 1.65. The van der Waals surface area contributed by atoms with Gasteiger partial charge in [0.2, 0.25) is 0 Å². The van der Waals surface area contributed by atoms with Gasteiger partial charge in [-0.15, -0.1) is 11.3 Å². The molecular formula is C14H25N3S. The average Bonchev–Trinajstić information content (AvgIpc) is 2.93. The first-order valence-corrected chi connectivity index (χ1v) is 7.99. The fourth-order valence-electron chi connectivity index (χ4n) is 2.66. The van der Waals surface area contributed by atoms with Gasteiger partial charge in [0.05, 0.1) is 6.04 Å². The van der Waals surface area contributed by atoms with Crippen LogP contribution in [0, 0.1) is 11.8 Å². The fraction of sp³-hybridized carbons (Fsp3) is 0.786. The zero-order valence-electron chi connectivity index (χ0n) is 11.5. The Labute approximate surface area is 114 Å². The molecule has 3 nitrogen and oxygen atoms in total. The van der Waals surface area contributed by atoms with Crippen LogP contribution < -0.4 is 10.6 Å². The van der Waals surface area contributed by atoms with Gasteiger partial charge < -0.3 is 10.6 Å². The van der Waals surface area contributed by atoms with Gasteiger partial charge in [-0.1, -0.05) is 6.92 Å². The molecule has 0 spiro atoms. The first-order chi connectivity index (χ1) is 8.77. The quantitative estimate of drug-likeness (QED) is 0.832. The van der Waals surface area contributed by atoms with E-state index in [0.29, 0.717) is 6.04 Å². The molecule has 4 heteroatoms. The summed E-state index contributed by atoms with van der Waals surface area (Å²) in [6, 6.07) is 0.390. The lowest BCUT2D eigenvalue weighted by Crippen LogP contribution is -2.34. The highest BCUT2D eigenvalue weighted by atomic mass is 32.1. The minimum Gasteiger partial charge on any atom is -0.316 e. The van der Waals surface area contributed by atoms with Crippen LogP contribution >= 0.6 is 11.3 Å². The van der Waals surface area contributed by atoms with E-state index in [4.69, 9.17) is 0 Å².